The zero-order chi connectivity index (χ0) is 19.4. The highest BCUT2D eigenvalue weighted by Crippen LogP contribution is 2.54. The summed E-state index contributed by atoms with van der Waals surface area (Å²) in [7, 11) is -2.08. The molecule has 2 rings (SSSR count). The summed E-state index contributed by atoms with van der Waals surface area (Å²) in [5.41, 5.74) is 2.90. The van der Waals surface area contributed by atoms with Crippen molar-refractivity contribution in [1.29, 1.82) is 0 Å². The van der Waals surface area contributed by atoms with Gasteiger partial charge in [-0.1, -0.05) is 40.2 Å². The lowest BCUT2D eigenvalue weighted by Crippen LogP contribution is -2.47. The number of ether oxygens (including phenoxy) is 1. The Morgan fingerprint density at radius 3 is 2.32 bits per heavy atom. The number of rotatable bonds is 4. The van der Waals surface area contributed by atoms with E-state index < -0.39 is 14.3 Å². The minimum atomic E-state index is -2.08. The van der Waals surface area contributed by atoms with Crippen molar-refractivity contribution in [3.05, 3.63) is 22.3 Å². The highest BCUT2D eigenvalue weighted by atomic mass is 28.4. The predicted molar refractivity (Wildman–Crippen MR) is 102 cm³/mol. The van der Waals surface area contributed by atoms with Gasteiger partial charge in [0.2, 0.25) is 0 Å². The Morgan fingerprint density at radius 2 is 1.84 bits per heavy atom. The molecule has 1 atom stereocenters. The molecule has 0 spiro atoms. The molecule has 1 unspecified atom stereocenters. The summed E-state index contributed by atoms with van der Waals surface area (Å²) < 4.78 is 11.9. The molecular formula is C20H32O4Si. The molecule has 2 aliphatic rings. The van der Waals surface area contributed by atoms with Gasteiger partial charge in [-0.25, -0.2) is 4.79 Å². The zero-order valence-corrected chi connectivity index (χ0v) is 18.1. The summed E-state index contributed by atoms with van der Waals surface area (Å²) in [5, 5.41) is 0.0486. The van der Waals surface area contributed by atoms with Crippen molar-refractivity contribution in [3.63, 3.8) is 0 Å². The van der Waals surface area contributed by atoms with E-state index in [-0.39, 0.29) is 40.9 Å². The van der Waals surface area contributed by atoms with E-state index in [1.54, 1.807) is 6.92 Å². The van der Waals surface area contributed by atoms with E-state index >= 15 is 0 Å². The second kappa shape index (κ2) is 6.20. The van der Waals surface area contributed by atoms with Gasteiger partial charge in [0.05, 0.1) is 12.7 Å². The molecule has 0 aliphatic heterocycles. The predicted octanol–water partition coefficient (Wildman–Crippen LogP) is 4.57. The first-order valence-electron chi connectivity index (χ1n) is 9.08. The molecule has 0 aromatic heterocycles. The van der Waals surface area contributed by atoms with Gasteiger partial charge >= 0.3 is 5.97 Å². The van der Waals surface area contributed by atoms with Crippen molar-refractivity contribution in [2.75, 3.05) is 6.61 Å². The first-order chi connectivity index (χ1) is 11.3. The molecule has 25 heavy (non-hydrogen) atoms. The Labute approximate surface area is 152 Å². The van der Waals surface area contributed by atoms with Crippen molar-refractivity contribution in [1.82, 2.24) is 0 Å². The summed E-state index contributed by atoms with van der Waals surface area (Å²) >= 11 is 0. The molecular weight excluding hydrogens is 332 g/mol. The van der Waals surface area contributed by atoms with E-state index in [2.05, 4.69) is 54.6 Å². The van der Waals surface area contributed by atoms with E-state index in [4.69, 9.17) is 9.16 Å². The van der Waals surface area contributed by atoms with E-state index in [1.165, 1.54) is 0 Å². The van der Waals surface area contributed by atoms with E-state index in [1.807, 2.05) is 0 Å². The summed E-state index contributed by atoms with van der Waals surface area (Å²) in [4.78, 5) is 25.0. The standard InChI is InChI=1S/C20H32O4Si/c1-10-23-18(22)16-14(21)11-13-12(2)20(6,7)17(15(13)16)24-25(8,9)19(3,4)5/h17H,10-11H2,1-9H3. The maximum Gasteiger partial charge on any atom is 0.342 e. The van der Waals surface area contributed by atoms with Gasteiger partial charge in [0, 0.05) is 17.4 Å². The van der Waals surface area contributed by atoms with Crippen LogP contribution in [0.2, 0.25) is 18.1 Å². The van der Waals surface area contributed by atoms with Crippen LogP contribution >= 0.6 is 0 Å². The molecule has 0 saturated carbocycles. The fourth-order valence-corrected chi connectivity index (χ4v) is 4.68. The molecule has 0 amide bonds. The molecule has 140 valence electrons. The lowest BCUT2D eigenvalue weighted by atomic mass is 9.82. The van der Waals surface area contributed by atoms with Crippen LogP contribution in [0.25, 0.3) is 0 Å². The number of esters is 1. The number of carbonyl (C=O) groups is 2. The molecule has 5 heteroatoms. The minimum Gasteiger partial charge on any atom is -0.462 e. The van der Waals surface area contributed by atoms with Crippen LogP contribution in [-0.2, 0) is 18.8 Å². The van der Waals surface area contributed by atoms with Gasteiger partial charge in [-0.15, -0.1) is 0 Å². The Hall–Kier alpha value is -1.20. The van der Waals surface area contributed by atoms with Crippen molar-refractivity contribution >= 4 is 20.1 Å². The third-order valence-electron chi connectivity index (χ3n) is 6.25. The molecule has 2 aliphatic carbocycles. The van der Waals surface area contributed by atoms with Gasteiger partial charge in [0.15, 0.2) is 14.1 Å². The SMILES string of the molecule is CCOC(=O)C1=C2C(=C(C)C(C)(C)C2O[Si](C)(C)C(C)(C)C)CC1=O. The second-order valence-electron chi connectivity index (χ2n) is 9.19. The van der Waals surface area contributed by atoms with Gasteiger partial charge in [0.1, 0.15) is 5.57 Å². The zero-order valence-electron chi connectivity index (χ0n) is 17.1. The highest BCUT2D eigenvalue weighted by Gasteiger charge is 2.53. The van der Waals surface area contributed by atoms with Crippen LogP contribution in [0.1, 0.15) is 54.9 Å². The Bertz CT molecular complexity index is 674. The van der Waals surface area contributed by atoms with Crippen LogP contribution in [0.15, 0.2) is 22.3 Å². The van der Waals surface area contributed by atoms with Crippen molar-refractivity contribution in [2.24, 2.45) is 5.41 Å². The maximum atomic E-state index is 12.5. The molecule has 0 bridgehead atoms. The van der Waals surface area contributed by atoms with Crippen molar-refractivity contribution in [2.45, 2.75) is 79.1 Å². The lowest BCUT2D eigenvalue weighted by Gasteiger charge is -2.43. The normalized spacial score (nSPS) is 23.4. The second-order valence-corrected chi connectivity index (χ2v) is 13.9. The topological polar surface area (TPSA) is 52.6 Å². The van der Waals surface area contributed by atoms with E-state index in [9.17, 15) is 9.59 Å². The van der Waals surface area contributed by atoms with Crippen LogP contribution in [0.3, 0.4) is 0 Å². The van der Waals surface area contributed by atoms with Gasteiger partial charge in [-0.3, -0.25) is 4.79 Å². The van der Waals surface area contributed by atoms with Gasteiger partial charge in [0.25, 0.3) is 0 Å². The van der Waals surface area contributed by atoms with Gasteiger partial charge in [-0.05, 0) is 37.6 Å². The van der Waals surface area contributed by atoms with Crippen LogP contribution < -0.4 is 0 Å². The monoisotopic (exact) mass is 364 g/mol. The summed E-state index contributed by atoms with van der Waals surface area (Å²) in [6.07, 6.45) is 0.0186. The molecule has 0 heterocycles. The number of Topliss-reactive ketones (excluding diaryl/α,β-unsaturated/α-hetero) is 1. The Balaban J connectivity index is 2.58. The maximum absolute atomic E-state index is 12.5. The largest absolute Gasteiger partial charge is 0.462 e. The van der Waals surface area contributed by atoms with Crippen LogP contribution in [0, 0.1) is 5.41 Å². The molecule has 0 aromatic carbocycles. The van der Waals surface area contributed by atoms with Crippen LogP contribution in [-0.4, -0.2) is 32.8 Å². The molecule has 0 N–H and O–H groups in total. The first-order valence-corrected chi connectivity index (χ1v) is 12.0. The molecule has 0 aromatic rings. The average molecular weight is 365 g/mol. The Morgan fingerprint density at radius 1 is 1.28 bits per heavy atom. The number of hydrogen-bond acceptors (Lipinski definition) is 4. The number of fused-ring (bicyclic) bond motifs is 1. The van der Waals surface area contributed by atoms with E-state index in [0.29, 0.717) is 0 Å². The van der Waals surface area contributed by atoms with Gasteiger partial charge in [-0.2, -0.15) is 0 Å². The highest BCUT2D eigenvalue weighted by molar-refractivity contribution is 6.74. The number of carbonyl (C=O) groups excluding carboxylic acids is 2. The van der Waals surface area contributed by atoms with Gasteiger partial charge < -0.3 is 9.16 Å². The van der Waals surface area contributed by atoms with Crippen LogP contribution in [0.5, 0.6) is 0 Å². The molecule has 0 saturated heterocycles. The first kappa shape index (κ1) is 20.1. The fraction of sp³-hybridized carbons (Fsp3) is 0.700. The molecule has 0 radical (unpaired) electrons. The van der Waals surface area contributed by atoms with Crippen molar-refractivity contribution in [3.8, 4) is 0 Å². The molecule has 4 nitrogen and oxygen atoms in total. The summed E-state index contributed by atoms with van der Waals surface area (Å²) in [6, 6.07) is 0. The molecule has 0 fully saturated rings. The quantitative estimate of drug-likeness (QED) is 0.417. The minimum absolute atomic E-state index is 0.0486. The summed E-state index contributed by atoms with van der Waals surface area (Å²) in [5.74, 6) is -0.644. The van der Waals surface area contributed by atoms with E-state index in [0.717, 1.165) is 16.7 Å². The van der Waals surface area contributed by atoms with Crippen LogP contribution in [0.4, 0.5) is 0 Å². The smallest absolute Gasteiger partial charge is 0.342 e. The third-order valence-corrected chi connectivity index (χ3v) is 10.7. The summed E-state index contributed by atoms with van der Waals surface area (Å²) in [6.45, 7) is 19.4. The number of ketones is 1. The van der Waals surface area contributed by atoms with Crippen molar-refractivity contribution < 1.29 is 18.8 Å². The number of hydrogen-bond donors (Lipinski definition) is 0. The average Bonchev–Trinajstić information content (AvgIpc) is 2.86. The fourth-order valence-electron chi connectivity index (χ4n) is 3.32. The third kappa shape index (κ3) is 3.17. The lowest BCUT2D eigenvalue weighted by molar-refractivity contribution is -0.139. The Kier molecular flexibility index (Phi) is 4.99.